The average molecular weight is 278 g/mol. The SMILES string of the molecule is Cc1ccccc1SCc1noc(CCCCO)n1. The number of hydrogen-bond acceptors (Lipinski definition) is 5. The number of benzene rings is 1. The molecule has 1 N–H and O–H groups in total. The fourth-order valence-corrected chi connectivity index (χ4v) is 2.57. The van der Waals surface area contributed by atoms with Crippen LogP contribution in [-0.4, -0.2) is 21.9 Å². The highest BCUT2D eigenvalue weighted by Gasteiger charge is 2.07. The summed E-state index contributed by atoms with van der Waals surface area (Å²) in [5, 5.41) is 12.7. The van der Waals surface area contributed by atoms with E-state index in [1.54, 1.807) is 11.8 Å². The second kappa shape index (κ2) is 7.31. The van der Waals surface area contributed by atoms with Crippen molar-refractivity contribution in [2.45, 2.75) is 36.8 Å². The van der Waals surface area contributed by atoms with Crippen LogP contribution in [0.4, 0.5) is 0 Å². The van der Waals surface area contributed by atoms with Gasteiger partial charge in [-0.3, -0.25) is 0 Å². The molecule has 0 fully saturated rings. The van der Waals surface area contributed by atoms with Gasteiger partial charge in [0.15, 0.2) is 5.82 Å². The molecule has 2 aromatic rings. The summed E-state index contributed by atoms with van der Waals surface area (Å²) in [5.74, 6) is 2.11. The van der Waals surface area contributed by atoms with Crippen molar-refractivity contribution in [3.8, 4) is 0 Å². The van der Waals surface area contributed by atoms with Crippen LogP contribution in [0.1, 0.15) is 30.1 Å². The van der Waals surface area contributed by atoms with Crippen LogP contribution in [-0.2, 0) is 12.2 Å². The Bertz CT molecular complexity index is 514. The maximum atomic E-state index is 8.72. The summed E-state index contributed by atoms with van der Waals surface area (Å²) < 4.78 is 5.17. The number of aliphatic hydroxyl groups excluding tert-OH is 1. The molecular weight excluding hydrogens is 260 g/mol. The number of rotatable bonds is 7. The monoisotopic (exact) mass is 278 g/mol. The number of thioether (sulfide) groups is 1. The zero-order valence-electron chi connectivity index (χ0n) is 11.0. The minimum Gasteiger partial charge on any atom is -0.396 e. The summed E-state index contributed by atoms with van der Waals surface area (Å²) in [7, 11) is 0. The Morgan fingerprint density at radius 1 is 1.26 bits per heavy atom. The van der Waals surface area contributed by atoms with Crippen LogP contribution in [0.3, 0.4) is 0 Å². The van der Waals surface area contributed by atoms with Gasteiger partial charge in [0.1, 0.15) is 0 Å². The Hall–Kier alpha value is -1.33. The maximum absolute atomic E-state index is 8.72. The summed E-state index contributed by atoms with van der Waals surface area (Å²) in [5.41, 5.74) is 1.26. The molecule has 0 unspecified atom stereocenters. The van der Waals surface area contributed by atoms with Gasteiger partial charge in [-0.1, -0.05) is 23.4 Å². The van der Waals surface area contributed by atoms with Crippen molar-refractivity contribution in [1.29, 1.82) is 0 Å². The summed E-state index contributed by atoms with van der Waals surface area (Å²) in [6.45, 7) is 2.31. The van der Waals surface area contributed by atoms with E-state index >= 15 is 0 Å². The van der Waals surface area contributed by atoms with Crippen molar-refractivity contribution in [2.24, 2.45) is 0 Å². The Morgan fingerprint density at radius 2 is 2.11 bits per heavy atom. The molecular formula is C14H18N2O2S. The van der Waals surface area contributed by atoms with Crippen LogP contribution in [0.25, 0.3) is 0 Å². The topological polar surface area (TPSA) is 59.2 Å². The molecule has 102 valence electrons. The first kappa shape index (κ1) is 14.1. The van der Waals surface area contributed by atoms with Crippen molar-refractivity contribution in [1.82, 2.24) is 10.1 Å². The lowest BCUT2D eigenvalue weighted by Gasteiger charge is -2.01. The fourth-order valence-electron chi connectivity index (χ4n) is 1.70. The molecule has 0 amide bonds. The molecule has 1 heterocycles. The fraction of sp³-hybridized carbons (Fsp3) is 0.429. The summed E-state index contributed by atoms with van der Waals surface area (Å²) >= 11 is 1.72. The van der Waals surface area contributed by atoms with Gasteiger partial charge >= 0.3 is 0 Å². The van der Waals surface area contributed by atoms with Gasteiger partial charge in [0.25, 0.3) is 0 Å². The summed E-state index contributed by atoms with van der Waals surface area (Å²) in [6.07, 6.45) is 2.39. The van der Waals surface area contributed by atoms with E-state index in [1.807, 2.05) is 12.1 Å². The molecule has 1 aromatic carbocycles. The van der Waals surface area contributed by atoms with Gasteiger partial charge in [0.2, 0.25) is 5.89 Å². The molecule has 0 aliphatic carbocycles. The molecule has 0 aliphatic rings. The van der Waals surface area contributed by atoms with Crippen LogP contribution in [0.2, 0.25) is 0 Å². The van der Waals surface area contributed by atoms with E-state index in [2.05, 4.69) is 29.2 Å². The van der Waals surface area contributed by atoms with Crippen LogP contribution in [0.15, 0.2) is 33.7 Å². The average Bonchev–Trinajstić information content (AvgIpc) is 2.86. The highest BCUT2D eigenvalue weighted by atomic mass is 32.2. The van der Waals surface area contributed by atoms with Crippen molar-refractivity contribution >= 4 is 11.8 Å². The Balaban J connectivity index is 1.85. The quantitative estimate of drug-likeness (QED) is 0.623. The molecule has 5 heteroatoms. The van der Waals surface area contributed by atoms with Gasteiger partial charge in [-0.15, -0.1) is 11.8 Å². The van der Waals surface area contributed by atoms with Crippen molar-refractivity contribution < 1.29 is 9.63 Å². The standard InChI is InChI=1S/C14H18N2O2S/c1-11-6-2-3-7-12(11)19-10-13-15-14(18-16-13)8-4-5-9-17/h2-3,6-7,17H,4-5,8-10H2,1H3. The van der Waals surface area contributed by atoms with Gasteiger partial charge in [0, 0.05) is 17.9 Å². The van der Waals surface area contributed by atoms with Crippen LogP contribution < -0.4 is 0 Å². The lowest BCUT2D eigenvalue weighted by atomic mass is 10.2. The lowest BCUT2D eigenvalue weighted by molar-refractivity contribution is 0.280. The zero-order valence-corrected chi connectivity index (χ0v) is 11.8. The lowest BCUT2D eigenvalue weighted by Crippen LogP contribution is -1.90. The zero-order chi connectivity index (χ0) is 13.5. The minimum atomic E-state index is 0.212. The third-order valence-corrected chi connectivity index (χ3v) is 3.93. The number of aliphatic hydroxyl groups is 1. The first-order valence-corrected chi connectivity index (χ1v) is 7.39. The van der Waals surface area contributed by atoms with Gasteiger partial charge in [-0.25, -0.2) is 0 Å². The second-order valence-corrected chi connectivity index (χ2v) is 5.36. The predicted octanol–water partition coefficient (Wildman–Crippen LogP) is 2.99. The summed E-state index contributed by atoms with van der Waals surface area (Å²) in [6, 6.07) is 8.26. The largest absolute Gasteiger partial charge is 0.396 e. The highest BCUT2D eigenvalue weighted by Crippen LogP contribution is 2.24. The van der Waals surface area contributed by atoms with Crippen LogP contribution in [0.5, 0.6) is 0 Å². The molecule has 2 rings (SSSR count). The summed E-state index contributed by atoms with van der Waals surface area (Å²) in [4.78, 5) is 5.59. The third-order valence-electron chi connectivity index (χ3n) is 2.76. The molecule has 0 aliphatic heterocycles. The van der Waals surface area contributed by atoms with E-state index in [-0.39, 0.29) is 6.61 Å². The Labute approximate surface area is 117 Å². The normalized spacial score (nSPS) is 10.8. The number of aromatic nitrogens is 2. The number of unbranched alkanes of at least 4 members (excludes halogenated alkanes) is 1. The highest BCUT2D eigenvalue weighted by molar-refractivity contribution is 7.98. The minimum absolute atomic E-state index is 0.212. The molecule has 0 saturated heterocycles. The Morgan fingerprint density at radius 3 is 2.89 bits per heavy atom. The van der Waals surface area contributed by atoms with E-state index in [0.717, 1.165) is 25.1 Å². The maximum Gasteiger partial charge on any atom is 0.226 e. The molecule has 0 bridgehead atoms. The molecule has 1 aromatic heterocycles. The molecule has 19 heavy (non-hydrogen) atoms. The van der Waals surface area contributed by atoms with E-state index in [4.69, 9.17) is 9.63 Å². The van der Waals surface area contributed by atoms with Gasteiger partial charge < -0.3 is 9.63 Å². The van der Waals surface area contributed by atoms with Crippen molar-refractivity contribution in [3.63, 3.8) is 0 Å². The van der Waals surface area contributed by atoms with Crippen molar-refractivity contribution in [2.75, 3.05) is 6.61 Å². The smallest absolute Gasteiger partial charge is 0.226 e. The van der Waals surface area contributed by atoms with Gasteiger partial charge in [-0.05, 0) is 31.4 Å². The van der Waals surface area contributed by atoms with E-state index in [0.29, 0.717) is 11.6 Å². The van der Waals surface area contributed by atoms with Crippen molar-refractivity contribution in [3.05, 3.63) is 41.5 Å². The predicted molar refractivity (Wildman–Crippen MR) is 75.1 cm³/mol. The first-order valence-electron chi connectivity index (χ1n) is 6.40. The molecule has 0 spiro atoms. The van der Waals surface area contributed by atoms with E-state index in [9.17, 15) is 0 Å². The first-order chi connectivity index (χ1) is 9.29. The molecule has 0 radical (unpaired) electrons. The van der Waals surface area contributed by atoms with Gasteiger partial charge in [-0.2, -0.15) is 4.98 Å². The molecule has 0 atom stereocenters. The van der Waals surface area contributed by atoms with Crippen LogP contribution >= 0.6 is 11.8 Å². The number of nitrogens with zero attached hydrogens (tertiary/aromatic N) is 2. The third kappa shape index (κ3) is 4.36. The molecule has 4 nitrogen and oxygen atoms in total. The van der Waals surface area contributed by atoms with Gasteiger partial charge in [0.05, 0.1) is 5.75 Å². The van der Waals surface area contributed by atoms with Crippen LogP contribution in [0, 0.1) is 6.92 Å². The second-order valence-electron chi connectivity index (χ2n) is 4.34. The Kier molecular flexibility index (Phi) is 5.42. The number of hydrogen-bond donors (Lipinski definition) is 1. The number of aryl methyl sites for hydroxylation is 2. The van der Waals surface area contributed by atoms with E-state index in [1.165, 1.54) is 10.5 Å². The molecule has 0 saturated carbocycles. The van der Waals surface area contributed by atoms with E-state index < -0.39 is 0 Å².